The van der Waals surface area contributed by atoms with Crippen LogP contribution in [0.15, 0.2) is 59.7 Å². The predicted octanol–water partition coefficient (Wildman–Crippen LogP) is 2.79. The highest BCUT2D eigenvalue weighted by Crippen LogP contribution is 2.27. The molecule has 8 nitrogen and oxygen atoms in total. The monoisotopic (exact) mass is 479 g/mol. The van der Waals surface area contributed by atoms with Gasteiger partial charge < -0.3 is 15.5 Å². The highest BCUT2D eigenvalue weighted by Gasteiger charge is 2.38. The Morgan fingerprint density at radius 3 is 2.31 bits per heavy atom. The fraction of sp³-hybridized carbons (Fsp3) is 0.385. The number of nitrogens with two attached hydrogens (primary N) is 1. The van der Waals surface area contributed by atoms with Gasteiger partial charge in [-0.3, -0.25) is 19.4 Å². The van der Waals surface area contributed by atoms with E-state index in [2.05, 4.69) is 5.10 Å². The Morgan fingerprint density at radius 1 is 1.06 bits per heavy atom. The van der Waals surface area contributed by atoms with Crippen LogP contribution in [0.1, 0.15) is 43.0 Å². The van der Waals surface area contributed by atoms with Crippen molar-refractivity contribution in [2.24, 2.45) is 10.8 Å². The lowest BCUT2D eigenvalue weighted by Gasteiger charge is -2.38. The molecular weight excluding hydrogens is 449 g/mol. The fourth-order valence-corrected chi connectivity index (χ4v) is 4.69. The molecule has 184 valence electrons. The van der Waals surface area contributed by atoms with Crippen LogP contribution >= 0.6 is 0 Å². The number of halogens is 1. The Kier molecular flexibility index (Phi) is 7.43. The molecule has 4 rings (SSSR count). The molecule has 0 spiro atoms. The maximum Gasteiger partial charge on any atom is 0.270 e. The van der Waals surface area contributed by atoms with Crippen LogP contribution < -0.4 is 10.7 Å². The Labute approximate surface area is 204 Å². The minimum absolute atomic E-state index is 0.00294. The molecule has 0 aromatic heterocycles. The second-order valence-corrected chi connectivity index (χ2v) is 8.88. The molecule has 35 heavy (non-hydrogen) atoms. The number of carbonyl (C=O) groups is 3. The number of rotatable bonds is 7. The van der Waals surface area contributed by atoms with Crippen molar-refractivity contribution >= 4 is 29.1 Å². The van der Waals surface area contributed by atoms with E-state index in [0.717, 1.165) is 6.42 Å². The molecule has 0 saturated carbocycles. The highest BCUT2D eigenvalue weighted by atomic mass is 19.1. The van der Waals surface area contributed by atoms with E-state index in [4.69, 9.17) is 5.73 Å². The van der Waals surface area contributed by atoms with Gasteiger partial charge in [-0.05, 0) is 55.7 Å². The predicted molar refractivity (Wildman–Crippen MR) is 131 cm³/mol. The van der Waals surface area contributed by atoms with Crippen molar-refractivity contribution in [2.45, 2.75) is 44.7 Å². The van der Waals surface area contributed by atoms with Gasteiger partial charge >= 0.3 is 0 Å². The quantitative estimate of drug-likeness (QED) is 0.660. The molecule has 2 aliphatic heterocycles. The molecule has 9 heteroatoms. The number of hydrogen-bond donors (Lipinski definition) is 1. The number of nitrogens with zero attached hydrogens (tertiary/aromatic N) is 4. The standard InChI is InChI=1S/C26H30FN5O3/c1-2-14-31(20-12-15-30(16-13-20)25(34)18-6-4-3-5-7-18)26(35)22-17-23(24(28)33)32(29-22)21-10-8-19(27)9-11-21/h3-11,20,23H,2,12-17H2,1H3,(H2,28,33). The SMILES string of the molecule is CCCN(C(=O)C1=NN(c2ccc(F)cc2)C(C(N)=O)C1)C1CCN(C(=O)c2ccccc2)CC1. The number of hydrogen-bond acceptors (Lipinski definition) is 5. The van der Waals surface area contributed by atoms with E-state index in [9.17, 15) is 18.8 Å². The second-order valence-electron chi connectivity index (χ2n) is 8.88. The molecule has 0 radical (unpaired) electrons. The van der Waals surface area contributed by atoms with Gasteiger partial charge in [0.15, 0.2) is 0 Å². The first kappa shape index (κ1) is 24.4. The molecule has 2 aromatic carbocycles. The van der Waals surface area contributed by atoms with Gasteiger partial charge in [-0.1, -0.05) is 25.1 Å². The molecule has 1 fully saturated rings. The molecule has 0 aliphatic carbocycles. The molecule has 2 N–H and O–H groups in total. The maximum absolute atomic E-state index is 13.5. The van der Waals surface area contributed by atoms with Crippen LogP contribution in [-0.2, 0) is 9.59 Å². The van der Waals surface area contributed by atoms with Crippen molar-refractivity contribution in [1.82, 2.24) is 9.80 Å². The summed E-state index contributed by atoms with van der Waals surface area (Å²) in [5.74, 6) is -1.24. The van der Waals surface area contributed by atoms with Crippen molar-refractivity contribution in [3.8, 4) is 0 Å². The zero-order chi connectivity index (χ0) is 24.9. The molecule has 2 heterocycles. The zero-order valence-electron chi connectivity index (χ0n) is 19.8. The number of anilines is 1. The van der Waals surface area contributed by atoms with Gasteiger partial charge in [0.05, 0.1) is 5.69 Å². The van der Waals surface area contributed by atoms with Gasteiger partial charge in [0.1, 0.15) is 17.6 Å². The molecule has 1 atom stereocenters. The van der Waals surface area contributed by atoms with Gasteiger partial charge in [-0.25, -0.2) is 4.39 Å². The average Bonchev–Trinajstić information content (AvgIpc) is 3.34. The minimum Gasteiger partial charge on any atom is -0.368 e. The zero-order valence-corrected chi connectivity index (χ0v) is 19.8. The topological polar surface area (TPSA) is 99.3 Å². The number of carbonyl (C=O) groups excluding carboxylic acids is 3. The van der Waals surface area contributed by atoms with Gasteiger partial charge in [0, 0.05) is 37.7 Å². The van der Waals surface area contributed by atoms with Gasteiger partial charge in [-0.15, -0.1) is 0 Å². The molecule has 2 aliphatic rings. The summed E-state index contributed by atoms with van der Waals surface area (Å²) in [6.45, 7) is 3.67. The van der Waals surface area contributed by atoms with Crippen LogP contribution in [0.4, 0.5) is 10.1 Å². The summed E-state index contributed by atoms with van der Waals surface area (Å²) < 4.78 is 13.4. The first-order valence-corrected chi connectivity index (χ1v) is 12.0. The number of hydrazone groups is 1. The lowest BCUT2D eigenvalue weighted by Crippen LogP contribution is -2.50. The van der Waals surface area contributed by atoms with Gasteiger partial charge in [0.25, 0.3) is 11.8 Å². The Morgan fingerprint density at radius 2 is 1.71 bits per heavy atom. The smallest absolute Gasteiger partial charge is 0.270 e. The Balaban J connectivity index is 1.47. The van der Waals surface area contributed by atoms with E-state index in [1.54, 1.807) is 0 Å². The summed E-state index contributed by atoms with van der Waals surface area (Å²) in [5.41, 5.74) is 7.01. The Hall–Kier alpha value is -3.75. The highest BCUT2D eigenvalue weighted by molar-refractivity contribution is 6.40. The molecule has 3 amide bonds. The molecular formula is C26H30FN5O3. The molecule has 1 saturated heterocycles. The maximum atomic E-state index is 13.5. The van der Waals surface area contributed by atoms with Crippen molar-refractivity contribution < 1.29 is 18.8 Å². The third-order valence-corrected chi connectivity index (χ3v) is 6.52. The van der Waals surface area contributed by atoms with Crippen LogP contribution in [0.5, 0.6) is 0 Å². The summed E-state index contributed by atoms with van der Waals surface area (Å²) in [4.78, 5) is 42.1. The molecule has 0 bridgehead atoms. The van der Waals surface area contributed by atoms with E-state index < -0.39 is 17.8 Å². The molecule has 1 unspecified atom stereocenters. The summed E-state index contributed by atoms with van der Waals surface area (Å²) in [6, 6.07) is 13.9. The summed E-state index contributed by atoms with van der Waals surface area (Å²) in [6.07, 6.45) is 2.19. The molecule has 2 aromatic rings. The summed E-state index contributed by atoms with van der Waals surface area (Å²) >= 11 is 0. The third kappa shape index (κ3) is 5.34. The fourth-order valence-electron chi connectivity index (χ4n) is 4.69. The number of piperidine rings is 1. The second kappa shape index (κ2) is 10.7. The number of amides is 3. The van der Waals surface area contributed by atoms with Crippen molar-refractivity contribution in [1.29, 1.82) is 0 Å². The average molecular weight is 480 g/mol. The normalized spacial score (nSPS) is 18.3. The lowest BCUT2D eigenvalue weighted by molar-refractivity contribution is -0.127. The van der Waals surface area contributed by atoms with Crippen LogP contribution in [0, 0.1) is 5.82 Å². The third-order valence-electron chi connectivity index (χ3n) is 6.52. The number of likely N-dealkylation sites (tertiary alicyclic amines) is 1. The van der Waals surface area contributed by atoms with E-state index in [1.807, 2.05) is 47.1 Å². The minimum atomic E-state index is -0.812. The summed E-state index contributed by atoms with van der Waals surface area (Å²) in [7, 11) is 0. The van der Waals surface area contributed by atoms with Gasteiger partial charge in [0.2, 0.25) is 5.91 Å². The van der Waals surface area contributed by atoms with Crippen LogP contribution in [-0.4, -0.2) is 65.0 Å². The van der Waals surface area contributed by atoms with Crippen LogP contribution in [0.25, 0.3) is 0 Å². The van der Waals surface area contributed by atoms with Crippen molar-refractivity contribution in [3.63, 3.8) is 0 Å². The van der Waals surface area contributed by atoms with E-state index in [0.29, 0.717) is 43.7 Å². The summed E-state index contributed by atoms with van der Waals surface area (Å²) in [5, 5.41) is 5.85. The lowest BCUT2D eigenvalue weighted by atomic mass is 10.00. The number of primary amides is 1. The Bertz CT molecular complexity index is 1100. The first-order valence-electron chi connectivity index (χ1n) is 12.0. The van der Waals surface area contributed by atoms with E-state index >= 15 is 0 Å². The van der Waals surface area contributed by atoms with Crippen molar-refractivity contribution in [3.05, 3.63) is 66.0 Å². The van der Waals surface area contributed by atoms with Gasteiger partial charge in [-0.2, -0.15) is 5.10 Å². The van der Waals surface area contributed by atoms with E-state index in [-0.39, 0.29) is 30.0 Å². The number of benzene rings is 2. The van der Waals surface area contributed by atoms with E-state index in [1.165, 1.54) is 29.3 Å². The van der Waals surface area contributed by atoms with Crippen molar-refractivity contribution in [2.75, 3.05) is 24.6 Å². The van der Waals surface area contributed by atoms with Crippen LogP contribution in [0.2, 0.25) is 0 Å². The first-order chi connectivity index (χ1) is 16.9. The largest absolute Gasteiger partial charge is 0.368 e. The van der Waals surface area contributed by atoms with Crippen LogP contribution in [0.3, 0.4) is 0 Å².